The number of aryl methyl sites for hydroxylation is 1. The molecule has 1 aromatic rings. The second kappa shape index (κ2) is 7.56. The third-order valence-electron chi connectivity index (χ3n) is 3.25. The van der Waals surface area contributed by atoms with E-state index >= 15 is 0 Å². The van der Waals surface area contributed by atoms with Crippen LogP contribution in [0.4, 0.5) is 0 Å². The van der Waals surface area contributed by atoms with Gasteiger partial charge in [0.05, 0.1) is 5.92 Å². The van der Waals surface area contributed by atoms with Gasteiger partial charge in [0, 0.05) is 6.42 Å². The number of hydrogen-bond donors (Lipinski definition) is 2. The van der Waals surface area contributed by atoms with Gasteiger partial charge >= 0.3 is 11.9 Å². The van der Waals surface area contributed by atoms with Gasteiger partial charge in [0.15, 0.2) is 0 Å². The summed E-state index contributed by atoms with van der Waals surface area (Å²) >= 11 is 0. The molecule has 0 saturated carbocycles. The molecule has 0 bridgehead atoms. The first-order valence-corrected chi connectivity index (χ1v) is 6.52. The molecule has 0 aliphatic rings. The monoisotopic (exact) mass is 264 g/mol. The first-order valence-electron chi connectivity index (χ1n) is 6.52. The fourth-order valence-electron chi connectivity index (χ4n) is 2.19. The average molecular weight is 264 g/mol. The Balaban J connectivity index is 2.53. The molecule has 0 amide bonds. The quantitative estimate of drug-likeness (QED) is 0.707. The average Bonchev–Trinajstić information content (AvgIpc) is 2.34. The van der Waals surface area contributed by atoms with Crippen molar-refractivity contribution in [3.05, 3.63) is 35.4 Å². The minimum Gasteiger partial charge on any atom is -0.481 e. The number of carboxylic acid groups (broad SMARTS) is 2. The van der Waals surface area contributed by atoms with Crippen LogP contribution in [0, 0.1) is 6.92 Å². The summed E-state index contributed by atoms with van der Waals surface area (Å²) in [6.07, 6.45) is 2.80. The Hall–Kier alpha value is -1.84. The Morgan fingerprint density at radius 2 is 1.79 bits per heavy atom. The van der Waals surface area contributed by atoms with Gasteiger partial charge in [-0.3, -0.25) is 9.59 Å². The van der Waals surface area contributed by atoms with Crippen LogP contribution in [0.2, 0.25) is 0 Å². The van der Waals surface area contributed by atoms with E-state index in [-0.39, 0.29) is 6.42 Å². The molecule has 1 atom stereocenters. The normalized spacial score (nSPS) is 12.1. The van der Waals surface area contributed by atoms with Crippen molar-refractivity contribution in [3.63, 3.8) is 0 Å². The Bertz CT molecular complexity index is 440. The third-order valence-corrected chi connectivity index (χ3v) is 3.25. The number of carbonyl (C=O) groups is 2. The molecule has 0 fully saturated rings. The number of unbranched alkanes of at least 4 members (excludes halogenated alkanes) is 2. The zero-order valence-electron chi connectivity index (χ0n) is 11.1. The zero-order valence-corrected chi connectivity index (χ0v) is 11.1. The Kier molecular flexibility index (Phi) is 6.06. The van der Waals surface area contributed by atoms with E-state index in [1.807, 2.05) is 31.2 Å². The third kappa shape index (κ3) is 5.12. The molecule has 0 radical (unpaired) electrons. The Morgan fingerprint density at radius 3 is 2.37 bits per heavy atom. The molecule has 0 saturated heterocycles. The molecule has 0 heterocycles. The summed E-state index contributed by atoms with van der Waals surface area (Å²) in [4.78, 5) is 21.7. The van der Waals surface area contributed by atoms with E-state index < -0.39 is 17.9 Å². The van der Waals surface area contributed by atoms with Crippen LogP contribution in [0.25, 0.3) is 0 Å². The summed E-state index contributed by atoms with van der Waals surface area (Å²) in [6.45, 7) is 1.91. The van der Waals surface area contributed by atoms with Gasteiger partial charge in [-0.1, -0.05) is 37.1 Å². The molecule has 0 spiro atoms. The largest absolute Gasteiger partial charge is 0.481 e. The lowest BCUT2D eigenvalue weighted by Crippen LogP contribution is -2.13. The lowest BCUT2D eigenvalue weighted by Gasteiger charge is -2.15. The van der Waals surface area contributed by atoms with E-state index in [2.05, 4.69) is 0 Å². The van der Waals surface area contributed by atoms with E-state index in [1.165, 1.54) is 0 Å². The van der Waals surface area contributed by atoms with Crippen molar-refractivity contribution < 1.29 is 19.8 Å². The van der Waals surface area contributed by atoms with Crippen molar-refractivity contribution in [3.8, 4) is 0 Å². The van der Waals surface area contributed by atoms with Gasteiger partial charge < -0.3 is 10.2 Å². The van der Waals surface area contributed by atoms with Crippen molar-refractivity contribution >= 4 is 11.9 Å². The van der Waals surface area contributed by atoms with Crippen molar-refractivity contribution in [2.45, 2.75) is 44.9 Å². The summed E-state index contributed by atoms with van der Waals surface area (Å²) in [5, 5.41) is 17.8. The molecule has 19 heavy (non-hydrogen) atoms. The van der Waals surface area contributed by atoms with Gasteiger partial charge in [0.1, 0.15) is 0 Å². The van der Waals surface area contributed by atoms with Crippen LogP contribution >= 0.6 is 0 Å². The molecular formula is C15H20O4. The molecule has 0 aromatic heterocycles. The van der Waals surface area contributed by atoms with Crippen LogP contribution < -0.4 is 0 Å². The SMILES string of the molecule is Cc1ccccc1C(CCCCCC(=O)O)C(=O)O. The Labute approximate surface area is 113 Å². The highest BCUT2D eigenvalue weighted by Crippen LogP contribution is 2.25. The fourth-order valence-corrected chi connectivity index (χ4v) is 2.19. The van der Waals surface area contributed by atoms with Gasteiger partial charge in [-0.05, 0) is 30.9 Å². The van der Waals surface area contributed by atoms with Gasteiger partial charge in [0.2, 0.25) is 0 Å². The topological polar surface area (TPSA) is 74.6 Å². The van der Waals surface area contributed by atoms with Crippen molar-refractivity contribution in [2.24, 2.45) is 0 Å². The van der Waals surface area contributed by atoms with Gasteiger partial charge in [-0.25, -0.2) is 0 Å². The van der Waals surface area contributed by atoms with Gasteiger partial charge in [-0.15, -0.1) is 0 Å². The maximum absolute atomic E-state index is 11.3. The highest BCUT2D eigenvalue weighted by Gasteiger charge is 2.20. The predicted molar refractivity (Wildman–Crippen MR) is 72.3 cm³/mol. The minimum absolute atomic E-state index is 0.155. The van der Waals surface area contributed by atoms with Crippen molar-refractivity contribution in [2.75, 3.05) is 0 Å². The second-order valence-electron chi connectivity index (χ2n) is 4.74. The Morgan fingerprint density at radius 1 is 1.11 bits per heavy atom. The molecular weight excluding hydrogens is 244 g/mol. The number of aliphatic carboxylic acids is 2. The molecule has 1 rings (SSSR count). The summed E-state index contributed by atoms with van der Waals surface area (Å²) in [6, 6.07) is 7.51. The molecule has 0 aliphatic heterocycles. The second-order valence-corrected chi connectivity index (χ2v) is 4.74. The smallest absolute Gasteiger partial charge is 0.310 e. The zero-order chi connectivity index (χ0) is 14.3. The maximum Gasteiger partial charge on any atom is 0.310 e. The van der Waals surface area contributed by atoms with Gasteiger partial charge in [0.25, 0.3) is 0 Å². The fraction of sp³-hybridized carbons (Fsp3) is 0.467. The van der Waals surface area contributed by atoms with E-state index in [0.717, 1.165) is 24.0 Å². The molecule has 1 aromatic carbocycles. The molecule has 4 heteroatoms. The number of hydrogen-bond acceptors (Lipinski definition) is 2. The van der Waals surface area contributed by atoms with E-state index in [9.17, 15) is 14.7 Å². The number of carboxylic acids is 2. The highest BCUT2D eigenvalue weighted by molar-refractivity contribution is 5.76. The molecule has 104 valence electrons. The maximum atomic E-state index is 11.3. The van der Waals surface area contributed by atoms with E-state index in [0.29, 0.717) is 12.8 Å². The summed E-state index contributed by atoms with van der Waals surface area (Å²) in [5.41, 5.74) is 1.84. The summed E-state index contributed by atoms with van der Waals surface area (Å²) < 4.78 is 0. The van der Waals surface area contributed by atoms with Crippen molar-refractivity contribution in [1.29, 1.82) is 0 Å². The van der Waals surface area contributed by atoms with E-state index in [1.54, 1.807) is 0 Å². The first kappa shape index (κ1) is 15.2. The van der Waals surface area contributed by atoms with Crippen molar-refractivity contribution in [1.82, 2.24) is 0 Å². The van der Waals surface area contributed by atoms with Crippen LogP contribution in [-0.2, 0) is 9.59 Å². The number of rotatable bonds is 8. The molecule has 2 N–H and O–H groups in total. The van der Waals surface area contributed by atoms with Crippen LogP contribution in [0.5, 0.6) is 0 Å². The van der Waals surface area contributed by atoms with Crippen LogP contribution in [-0.4, -0.2) is 22.2 Å². The van der Waals surface area contributed by atoms with Crippen LogP contribution in [0.15, 0.2) is 24.3 Å². The number of benzene rings is 1. The highest BCUT2D eigenvalue weighted by atomic mass is 16.4. The van der Waals surface area contributed by atoms with Gasteiger partial charge in [-0.2, -0.15) is 0 Å². The summed E-state index contributed by atoms with van der Waals surface area (Å²) in [7, 11) is 0. The lowest BCUT2D eigenvalue weighted by molar-refractivity contribution is -0.139. The molecule has 0 aliphatic carbocycles. The lowest BCUT2D eigenvalue weighted by atomic mass is 9.90. The molecule has 1 unspecified atom stereocenters. The molecule has 4 nitrogen and oxygen atoms in total. The predicted octanol–water partition coefficient (Wildman–Crippen LogP) is 3.20. The minimum atomic E-state index is -0.812. The van der Waals surface area contributed by atoms with Crippen LogP contribution in [0.3, 0.4) is 0 Å². The standard InChI is InChI=1S/C15H20O4/c1-11-7-5-6-8-12(11)13(15(18)19)9-3-2-4-10-14(16)17/h5-8,13H,2-4,9-10H2,1H3,(H,16,17)(H,18,19). The van der Waals surface area contributed by atoms with E-state index in [4.69, 9.17) is 5.11 Å². The van der Waals surface area contributed by atoms with Crippen LogP contribution in [0.1, 0.15) is 49.1 Å². The summed E-state index contributed by atoms with van der Waals surface area (Å²) in [5.74, 6) is -2.10. The first-order chi connectivity index (χ1) is 9.02.